The van der Waals surface area contributed by atoms with Gasteiger partial charge in [-0.05, 0) is 57.9 Å². The van der Waals surface area contributed by atoms with Crippen molar-refractivity contribution in [2.24, 2.45) is 9.98 Å². The number of allylic oxidation sites excluding steroid dienone is 3. The van der Waals surface area contributed by atoms with Crippen LogP contribution in [0.25, 0.3) is 0 Å². The van der Waals surface area contributed by atoms with E-state index in [1.165, 1.54) is 44.1 Å². The van der Waals surface area contributed by atoms with Crippen molar-refractivity contribution in [3.8, 4) is 0 Å². The van der Waals surface area contributed by atoms with Gasteiger partial charge in [-0.15, -0.1) is 0 Å². The van der Waals surface area contributed by atoms with Crippen LogP contribution in [-0.2, 0) is 5.67 Å². The molecule has 0 aliphatic heterocycles. The zero-order chi connectivity index (χ0) is 28.0. The summed E-state index contributed by atoms with van der Waals surface area (Å²) in [6, 6.07) is 4.46. The van der Waals surface area contributed by atoms with Gasteiger partial charge in [0.1, 0.15) is 34.4 Å². The molecule has 3 nitrogen and oxygen atoms in total. The molecule has 0 heterocycles. The van der Waals surface area contributed by atoms with Crippen molar-refractivity contribution in [3.05, 3.63) is 71.1 Å². The fourth-order valence-electron chi connectivity index (χ4n) is 4.41. The van der Waals surface area contributed by atoms with E-state index in [2.05, 4.69) is 23.3 Å². The first-order chi connectivity index (χ1) is 17.4. The maximum absolute atomic E-state index is 15.9. The lowest BCUT2D eigenvalue weighted by molar-refractivity contribution is 0.0416. The molecule has 8 heteroatoms. The van der Waals surface area contributed by atoms with Gasteiger partial charge in [-0.1, -0.05) is 51.5 Å². The SMILES string of the molecule is C=C/C(F)=C(/N=C(/C)N=C)C(=C/N(C)C1(C(F)F)CC1)\C(C)c1cccc(C(C)(F)CCCCC)c1F. The van der Waals surface area contributed by atoms with Crippen LogP contribution < -0.4 is 0 Å². The summed E-state index contributed by atoms with van der Waals surface area (Å²) >= 11 is 0. The van der Waals surface area contributed by atoms with E-state index in [0.717, 1.165) is 18.9 Å². The summed E-state index contributed by atoms with van der Waals surface area (Å²) in [4.78, 5) is 9.26. The molecule has 0 spiro atoms. The minimum absolute atomic E-state index is 0.0888. The second kappa shape index (κ2) is 12.7. The summed E-state index contributed by atoms with van der Waals surface area (Å²) in [5, 5.41) is 0. The van der Waals surface area contributed by atoms with Gasteiger partial charge in [0.2, 0.25) is 0 Å². The predicted molar refractivity (Wildman–Crippen MR) is 142 cm³/mol. The van der Waals surface area contributed by atoms with Crippen LogP contribution in [0.1, 0.15) is 83.3 Å². The smallest absolute Gasteiger partial charge is 0.261 e. The number of hydrogen-bond donors (Lipinski definition) is 0. The molecule has 1 aliphatic rings. The molecule has 0 radical (unpaired) electrons. The van der Waals surface area contributed by atoms with Crippen LogP contribution in [0.4, 0.5) is 22.0 Å². The Morgan fingerprint density at radius 3 is 2.43 bits per heavy atom. The van der Waals surface area contributed by atoms with E-state index in [1.807, 2.05) is 6.92 Å². The molecule has 0 N–H and O–H groups in total. The molecule has 1 fully saturated rings. The van der Waals surface area contributed by atoms with Crippen LogP contribution in [-0.4, -0.2) is 36.5 Å². The van der Waals surface area contributed by atoms with Crippen LogP contribution in [0.5, 0.6) is 0 Å². The second-order valence-electron chi connectivity index (χ2n) is 9.90. The largest absolute Gasteiger partial charge is 0.369 e. The standard InChI is InChI=1S/C29H38F5N3/c1-8-10-11-15-28(5,34)23-14-12-13-21(25(23)31)19(3)22(18-37(7)29(16-17-29)27(32)33)26(24(30)9-2)36-20(4)35-6/h9,12-14,18-19,27H,2,6,8,10-11,15-17H2,1,3-5,7H3/b22-18-,26-24-,36-20-. The van der Waals surface area contributed by atoms with Gasteiger partial charge in [0.25, 0.3) is 6.43 Å². The summed E-state index contributed by atoms with van der Waals surface area (Å²) in [6.45, 7) is 13.3. The van der Waals surface area contributed by atoms with Crippen LogP contribution in [0.3, 0.4) is 0 Å². The molecule has 0 aromatic heterocycles. The highest BCUT2D eigenvalue weighted by Gasteiger charge is 2.54. The first-order valence-corrected chi connectivity index (χ1v) is 12.6. The molecule has 1 saturated carbocycles. The highest BCUT2D eigenvalue weighted by Crippen LogP contribution is 2.47. The number of aliphatic imine (C=N–C) groups is 2. The van der Waals surface area contributed by atoms with E-state index in [9.17, 15) is 8.78 Å². The van der Waals surface area contributed by atoms with Crippen LogP contribution in [0, 0.1) is 5.82 Å². The van der Waals surface area contributed by atoms with Gasteiger partial charge in [-0.2, -0.15) is 0 Å². The quantitative estimate of drug-likeness (QED) is 0.0835. The normalized spacial score (nSPS) is 18.7. The Balaban J connectivity index is 2.70. The summed E-state index contributed by atoms with van der Waals surface area (Å²) < 4.78 is 74.3. The summed E-state index contributed by atoms with van der Waals surface area (Å²) in [5.41, 5.74) is -3.36. The highest BCUT2D eigenvalue weighted by atomic mass is 19.3. The van der Waals surface area contributed by atoms with Crippen LogP contribution >= 0.6 is 0 Å². The minimum Gasteiger partial charge on any atom is -0.369 e. The zero-order valence-electron chi connectivity index (χ0n) is 22.4. The number of nitrogens with zero attached hydrogens (tertiary/aromatic N) is 3. The maximum Gasteiger partial charge on any atom is 0.261 e. The number of rotatable bonds is 13. The van der Waals surface area contributed by atoms with E-state index in [1.54, 1.807) is 13.0 Å². The fourth-order valence-corrected chi connectivity index (χ4v) is 4.41. The molecule has 2 rings (SSSR count). The van der Waals surface area contributed by atoms with Crippen molar-refractivity contribution >= 4 is 12.6 Å². The fraction of sp³-hybridized carbons (Fsp3) is 0.517. The number of hydrogen-bond acceptors (Lipinski definition) is 2. The molecule has 0 amide bonds. The van der Waals surface area contributed by atoms with Gasteiger partial charge in [0.05, 0.1) is 0 Å². The predicted octanol–water partition coefficient (Wildman–Crippen LogP) is 8.79. The number of unbranched alkanes of at least 4 members (excludes halogenated alkanes) is 2. The molecular weight excluding hydrogens is 485 g/mol. The van der Waals surface area contributed by atoms with Crippen molar-refractivity contribution in [2.45, 2.75) is 89.8 Å². The molecule has 0 bridgehead atoms. The zero-order valence-corrected chi connectivity index (χ0v) is 22.4. The van der Waals surface area contributed by atoms with Crippen molar-refractivity contribution in [1.29, 1.82) is 0 Å². The second-order valence-corrected chi connectivity index (χ2v) is 9.90. The van der Waals surface area contributed by atoms with Crippen molar-refractivity contribution < 1.29 is 22.0 Å². The van der Waals surface area contributed by atoms with E-state index < -0.39 is 35.2 Å². The molecule has 2 unspecified atom stereocenters. The van der Waals surface area contributed by atoms with Gasteiger partial charge in [-0.3, -0.25) is 0 Å². The minimum atomic E-state index is -2.63. The lowest BCUT2D eigenvalue weighted by Gasteiger charge is -2.29. The third-order valence-corrected chi connectivity index (χ3v) is 7.16. The first kappa shape index (κ1) is 30.5. The molecular formula is C29H38F5N3. The Labute approximate surface area is 217 Å². The molecule has 204 valence electrons. The summed E-state index contributed by atoms with van der Waals surface area (Å²) in [7, 11) is 1.48. The average Bonchev–Trinajstić information content (AvgIpc) is 3.67. The maximum atomic E-state index is 15.9. The first-order valence-electron chi connectivity index (χ1n) is 12.6. The number of amidine groups is 1. The van der Waals surface area contributed by atoms with Gasteiger partial charge >= 0.3 is 0 Å². The number of halogens is 5. The summed E-state index contributed by atoms with van der Waals surface area (Å²) in [6.07, 6.45) is 2.71. The molecule has 1 aliphatic carbocycles. The molecule has 37 heavy (non-hydrogen) atoms. The highest BCUT2D eigenvalue weighted by molar-refractivity contribution is 5.85. The lowest BCUT2D eigenvalue weighted by atomic mass is 9.85. The van der Waals surface area contributed by atoms with E-state index in [-0.39, 0.29) is 47.5 Å². The van der Waals surface area contributed by atoms with Gasteiger partial charge in [0, 0.05) is 30.3 Å². The molecule has 2 atom stereocenters. The van der Waals surface area contributed by atoms with Gasteiger partial charge in [0.15, 0.2) is 0 Å². The van der Waals surface area contributed by atoms with E-state index in [0.29, 0.717) is 6.42 Å². The van der Waals surface area contributed by atoms with Gasteiger partial charge < -0.3 is 4.90 Å². The molecule has 0 saturated heterocycles. The molecule has 1 aromatic carbocycles. The van der Waals surface area contributed by atoms with E-state index >= 15 is 13.2 Å². The van der Waals surface area contributed by atoms with E-state index in [4.69, 9.17) is 0 Å². The topological polar surface area (TPSA) is 28.0 Å². The third kappa shape index (κ3) is 6.96. The number of benzene rings is 1. The van der Waals surface area contributed by atoms with Crippen molar-refractivity contribution in [1.82, 2.24) is 4.90 Å². The number of alkyl halides is 3. The Morgan fingerprint density at radius 2 is 1.92 bits per heavy atom. The Morgan fingerprint density at radius 1 is 1.27 bits per heavy atom. The van der Waals surface area contributed by atoms with Crippen LogP contribution in [0.15, 0.2) is 64.1 Å². The monoisotopic (exact) mass is 523 g/mol. The van der Waals surface area contributed by atoms with Crippen molar-refractivity contribution in [3.63, 3.8) is 0 Å². The Hall–Kier alpha value is -2.77. The van der Waals surface area contributed by atoms with Gasteiger partial charge in [-0.25, -0.2) is 31.9 Å². The molecule has 1 aromatic rings. The van der Waals surface area contributed by atoms with Crippen molar-refractivity contribution in [2.75, 3.05) is 7.05 Å². The third-order valence-electron chi connectivity index (χ3n) is 7.16. The summed E-state index contributed by atoms with van der Waals surface area (Å²) in [5.74, 6) is -2.32. The lowest BCUT2D eigenvalue weighted by Crippen LogP contribution is -2.36. The Bertz CT molecular complexity index is 1070. The Kier molecular flexibility index (Phi) is 10.4. The van der Waals surface area contributed by atoms with Crippen LogP contribution in [0.2, 0.25) is 0 Å². The average molecular weight is 524 g/mol.